The fourth-order valence-electron chi connectivity index (χ4n) is 1.68. The van der Waals surface area contributed by atoms with Gasteiger partial charge in [0.25, 0.3) is 0 Å². The molecule has 0 saturated carbocycles. The largest absolute Gasteiger partial charge is 0.369 e. The van der Waals surface area contributed by atoms with E-state index in [1.807, 2.05) is 6.92 Å². The lowest BCUT2D eigenvalue weighted by atomic mass is 10.1. The number of nitriles is 2. The molecule has 1 unspecified atom stereocenters. The first-order valence-electron chi connectivity index (χ1n) is 5.78. The van der Waals surface area contributed by atoms with Gasteiger partial charge < -0.3 is 5.32 Å². The maximum absolute atomic E-state index is 9.17. The van der Waals surface area contributed by atoms with Crippen LogP contribution in [0.1, 0.15) is 12.5 Å². The van der Waals surface area contributed by atoms with Gasteiger partial charge in [0.15, 0.2) is 0 Å². The zero-order chi connectivity index (χ0) is 13.8. The van der Waals surface area contributed by atoms with Gasteiger partial charge in [0.05, 0.1) is 29.1 Å². The second-order valence-corrected chi connectivity index (χ2v) is 4.68. The number of fused-ring (bicyclic) bond motifs is 1. The Morgan fingerprint density at radius 1 is 1.37 bits per heavy atom. The fourth-order valence-corrected chi connectivity index (χ4v) is 1.86. The third-order valence-corrected chi connectivity index (χ3v) is 2.94. The summed E-state index contributed by atoms with van der Waals surface area (Å²) in [6.45, 7) is 2.31. The lowest BCUT2D eigenvalue weighted by molar-refractivity contribution is 0.783. The number of halogens is 1. The lowest BCUT2D eigenvalue weighted by Crippen LogP contribution is -2.10. The number of benzene rings is 1. The predicted molar refractivity (Wildman–Crippen MR) is 74.7 cm³/mol. The summed E-state index contributed by atoms with van der Waals surface area (Å²) < 4.78 is 0. The Morgan fingerprint density at radius 2 is 2.16 bits per heavy atom. The highest BCUT2D eigenvalue weighted by Gasteiger charge is 2.07. The monoisotopic (exact) mass is 270 g/mol. The van der Waals surface area contributed by atoms with E-state index in [2.05, 4.69) is 22.4 Å². The highest BCUT2D eigenvalue weighted by Crippen LogP contribution is 2.23. The molecule has 4 nitrogen and oxygen atoms in total. The molecule has 1 heterocycles. The van der Waals surface area contributed by atoms with Crippen LogP contribution in [0, 0.1) is 28.6 Å². The molecule has 2 rings (SSSR count). The molecule has 1 atom stereocenters. The third-order valence-electron chi connectivity index (χ3n) is 2.70. The fraction of sp³-hybridized carbons (Fsp3) is 0.214. The molecule has 0 aliphatic carbocycles. The summed E-state index contributed by atoms with van der Waals surface area (Å²) in [5.41, 5.74) is 1.22. The van der Waals surface area contributed by atoms with E-state index in [9.17, 15) is 5.26 Å². The van der Waals surface area contributed by atoms with Crippen LogP contribution < -0.4 is 5.32 Å². The van der Waals surface area contributed by atoms with Crippen molar-refractivity contribution in [3.63, 3.8) is 0 Å². The zero-order valence-corrected chi connectivity index (χ0v) is 11.1. The third kappa shape index (κ3) is 2.93. The highest BCUT2D eigenvalue weighted by atomic mass is 35.5. The summed E-state index contributed by atoms with van der Waals surface area (Å²) in [4.78, 5) is 4.40. The molecule has 0 amide bonds. The van der Waals surface area contributed by atoms with Gasteiger partial charge in [-0.15, -0.1) is 0 Å². The molecular formula is C14H11ClN4. The quantitative estimate of drug-likeness (QED) is 0.928. The first-order valence-corrected chi connectivity index (χ1v) is 6.15. The molecule has 0 bridgehead atoms. The standard InChI is InChI=1S/C14H11ClN4/c1-9(6-16)8-18-14-4-10(7-17)12-5-11(15)2-3-13(12)19-14/h2-5,9H,8H2,1H3,(H,18,19). The van der Waals surface area contributed by atoms with Crippen molar-refractivity contribution in [2.45, 2.75) is 6.92 Å². The van der Waals surface area contributed by atoms with Gasteiger partial charge in [0, 0.05) is 17.0 Å². The Labute approximate surface area is 116 Å². The molecule has 0 aliphatic heterocycles. The predicted octanol–water partition coefficient (Wildman–Crippen LogP) is 3.33. The van der Waals surface area contributed by atoms with Gasteiger partial charge in [-0.05, 0) is 31.2 Å². The maximum atomic E-state index is 9.17. The van der Waals surface area contributed by atoms with E-state index in [0.29, 0.717) is 28.5 Å². The van der Waals surface area contributed by atoms with E-state index >= 15 is 0 Å². The second-order valence-electron chi connectivity index (χ2n) is 4.24. The van der Waals surface area contributed by atoms with E-state index in [4.69, 9.17) is 16.9 Å². The Kier molecular flexibility index (Phi) is 3.85. The minimum atomic E-state index is -0.117. The van der Waals surface area contributed by atoms with Gasteiger partial charge in [-0.3, -0.25) is 0 Å². The van der Waals surface area contributed by atoms with E-state index in [1.54, 1.807) is 24.3 Å². The van der Waals surface area contributed by atoms with Crippen molar-refractivity contribution in [1.82, 2.24) is 4.98 Å². The van der Waals surface area contributed by atoms with Crippen molar-refractivity contribution in [2.24, 2.45) is 5.92 Å². The van der Waals surface area contributed by atoms with E-state index in [0.717, 1.165) is 5.39 Å². The van der Waals surface area contributed by atoms with Crippen molar-refractivity contribution in [3.05, 3.63) is 34.9 Å². The summed E-state index contributed by atoms with van der Waals surface area (Å²) in [5.74, 6) is 0.474. The van der Waals surface area contributed by atoms with Crippen LogP contribution in [-0.2, 0) is 0 Å². The van der Waals surface area contributed by atoms with Crippen molar-refractivity contribution in [3.8, 4) is 12.1 Å². The normalized spacial score (nSPS) is 11.6. The van der Waals surface area contributed by atoms with Crippen LogP contribution in [0.2, 0.25) is 5.02 Å². The summed E-state index contributed by atoms with van der Waals surface area (Å²) in [6, 6.07) is 11.2. The number of nitrogens with zero attached hydrogens (tertiary/aromatic N) is 3. The van der Waals surface area contributed by atoms with Gasteiger partial charge in [0.2, 0.25) is 0 Å². The molecule has 19 heavy (non-hydrogen) atoms. The molecule has 0 radical (unpaired) electrons. The SMILES string of the molecule is CC(C#N)CNc1cc(C#N)c2cc(Cl)ccc2n1. The van der Waals surface area contributed by atoms with Crippen LogP contribution in [0.15, 0.2) is 24.3 Å². The molecule has 2 aromatic rings. The molecule has 0 aliphatic rings. The number of rotatable bonds is 3. The summed E-state index contributed by atoms with van der Waals surface area (Å²) in [5, 5.41) is 22.3. The second kappa shape index (κ2) is 5.56. The van der Waals surface area contributed by atoms with Crippen LogP contribution in [0.3, 0.4) is 0 Å². The molecule has 1 N–H and O–H groups in total. The lowest BCUT2D eigenvalue weighted by Gasteiger charge is -2.09. The average Bonchev–Trinajstić information content (AvgIpc) is 2.43. The molecule has 0 fully saturated rings. The first-order chi connectivity index (χ1) is 9.13. The minimum Gasteiger partial charge on any atom is -0.369 e. The molecule has 1 aromatic heterocycles. The maximum Gasteiger partial charge on any atom is 0.128 e. The van der Waals surface area contributed by atoms with Crippen molar-refractivity contribution >= 4 is 28.3 Å². The van der Waals surface area contributed by atoms with E-state index in [1.165, 1.54) is 0 Å². The number of anilines is 1. The van der Waals surface area contributed by atoms with Gasteiger partial charge in [-0.2, -0.15) is 10.5 Å². The van der Waals surface area contributed by atoms with E-state index in [-0.39, 0.29) is 5.92 Å². The Balaban J connectivity index is 2.41. The van der Waals surface area contributed by atoms with Gasteiger partial charge >= 0.3 is 0 Å². The molecule has 5 heteroatoms. The molecule has 1 aromatic carbocycles. The topological polar surface area (TPSA) is 72.5 Å². The summed E-state index contributed by atoms with van der Waals surface area (Å²) in [6.07, 6.45) is 0. The van der Waals surface area contributed by atoms with Gasteiger partial charge in [0.1, 0.15) is 5.82 Å². The molecular weight excluding hydrogens is 260 g/mol. The summed E-state index contributed by atoms with van der Waals surface area (Å²) in [7, 11) is 0. The van der Waals surface area contributed by atoms with Crippen LogP contribution in [-0.4, -0.2) is 11.5 Å². The van der Waals surface area contributed by atoms with Crippen molar-refractivity contribution in [1.29, 1.82) is 10.5 Å². The number of aromatic nitrogens is 1. The van der Waals surface area contributed by atoms with Gasteiger partial charge in [-0.25, -0.2) is 4.98 Å². The Bertz CT molecular complexity index is 697. The van der Waals surface area contributed by atoms with Crippen molar-refractivity contribution < 1.29 is 0 Å². The highest BCUT2D eigenvalue weighted by molar-refractivity contribution is 6.31. The Hall–Kier alpha value is -2.30. The van der Waals surface area contributed by atoms with Crippen molar-refractivity contribution in [2.75, 3.05) is 11.9 Å². The number of hydrogen-bond acceptors (Lipinski definition) is 4. The molecule has 0 saturated heterocycles. The average molecular weight is 271 g/mol. The minimum absolute atomic E-state index is 0.117. The van der Waals surface area contributed by atoms with Crippen LogP contribution in [0.25, 0.3) is 10.9 Å². The smallest absolute Gasteiger partial charge is 0.128 e. The zero-order valence-electron chi connectivity index (χ0n) is 10.3. The first kappa shape index (κ1) is 13.1. The van der Waals surface area contributed by atoms with Crippen LogP contribution in [0.5, 0.6) is 0 Å². The number of pyridine rings is 1. The van der Waals surface area contributed by atoms with Gasteiger partial charge in [-0.1, -0.05) is 11.6 Å². The molecule has 0 spiro atoms. The van der Waals surface area contributed by atoms with Crippen LogP contribution in [0.4, 0.5) is 5.82 Å². The van der Waals surface area contributed by atoms with E-state index < -0.39 is 0 Å². The Morgan fingerprint density at radius 3 is 2.84 bits per heavy atom. The number of hydrogen-bond donors (Lipinski definition) is 1. The molecule has 94 valence electrons. The number of nitrogens with one attached hydrogen (secondary N) is 1. The summed E-state index contributed by atoms with van der Waals surface area (Å²) >= 11 is 5.92. The van der Waals surface area contributed by atoms with Crippen LogP contribution >= 0.6 is 11.6 Å².